The molecule has 0 unspecified atom stereocenters. The highest BCUT2D eigenvalue weighted by atomic mass is 32.2. The van der Waals surface area contributed by atoms with Crippen molar-refractivity contribution in [1.29, 1.82) is 0 Å². The first-order valence-electron chi connectivity index (χ1n) is 8.88. The summed E-state index contributed by atoms with van der Waals surface area (Å²) in [6, 6.07) is 16.1. The van der Waals surface area contributed by atoms with Gasteiger partial charge in [0.15, 0.2) is 0 Å². The highest BCUT2D eigenvalue weighted by Crippen LogP contribution is 2.22. The summed E-state index contributed by atoms with van der Waals surface area (Å²) < 4.78 is 27.2. The minimum Gasteiger partial charge on any atom is -0.337 e. The van der Waals surface area contributed by atoms with Gasteiger partial charge < -0.3 is 4.90 Å². The molecule has 0 aliphatic carbocycles. The molecule has 0 aromatic heterocycles. The van der Waals surface area contributed by atoms with Gasteiger partial charge in [-0.3, -0.25) is 4.79 Å². The molecule has 1 saturated heterocycles. The maximum absolute atomic E-state index is 12.8. The van der Waals surface area contributed by atoms with Crippen LogP contribution < -0.4 is 0 Å². The summed E-state index contributed by atoms with van der Waals surface area (Å²) in [5.74, 6) is -0.190. The van der Waals surface area contributed by atoms with Crippen molar-refractivity contribution in [3.05, 3.63) is 65.7 Å². The first-order chi connectivity index (χ1) is 12.5. The van der Waals surface area contributed by atoms with Gasteiger partial charge in [-0.15, -0.1) is 0 Å². The van der Waals surface area contributed by atoms with Gasteiger partial charge >= 0.3 is 0 Å². The van der Waals surface area contributed by atoms with E-state index in [9.17, 15) is 13.2 Å². The van der Waals surface area contributed by atoms with Gasteiger partial charge in [0, 0.05) is 32.2 Å². The largest absolute Gasteiger partial charge is 0.337 e. The lowest BCUT2D eigenvalue weighted by Crippen LogP contribution is -2.35. The minimum absolute atomic E-state index is 0.190. The predicted molar refractivity (Wildman–Crippen MR) is 101 cm³/mol. The number of amides is 1. The highest BCUT2D eigenvalue weighted by Gasteiger charge is 2.26. The summed E-state index contributed by atoms with van der Waals surface area (Å²) in [4.78, 5) is 14.5. The maximum Gasteiger partial charge on any atom is 0.253 e. The summed E-state index contributed by atoms with van der Waals surface area (Å²) in [5.41, 5.74) is 1.42. The van der Waals surface area contributed by atoms with E-state index in [-0.39, 0.29) is 10.8 Å². The van der Waals surface area contributed by atoms with E-state index in [2.05, 4.69) is 0 Å². The number of rotatable bonds is 5. The van der Waals surface area contributed by atoms with Gasteiger partial charge in [0.25, 0.3) is 5.91 Å². The van der Waals surface area contributed by atoms with Crippen molar-refractivity contribution < 1.29 is 13.2 Å². The van der Waals surface area contributed by atoms with Crippen LogP contribution in [-0.4, -0.2) is 43.7 Å². The molecule has 0 N–H and O–H groups in total. The van der Waals surface area contributed by atoms with E-state index < -0.39 is 10.0 Å². The number of sulfonamides is 1. The summed E-state index contributed by atoms with van der Waals surface area (Å²) in [6.45, 7) is 1.58. The number of hydrogen-bond acceptors (Lipinski definition) is 3. The van der Waals surface area contributed by atoms with Crippen LogP contribution >= 0.6 is 0 Å². The quantitative estimate of drug-likeness (QED) is 0.810. The van der Waals surface area contributed by atoms with Crippen LogP contribution in [0.25, 0.3) is 0 Å². The van der Waals surface area contributed by atoms with Gasteiger partial charge in [-0.05, 0) is 36.6 Å². The second kappa shape index (κ2) is 8.01. The molecule has 5 nitrogen and oxygen atoms in total. The van der Waals surface area contributed by atoms with Crippen LogP contribution in [0.1, 0.15) is 35.2 Å². The Labute approximate surface area is 155 Å². The Morgan fingerprint density at radius 1 is 1.00 bits per heavy atom. The average molecular weight is 372 g/mol. The van der Waals surface area contributed by atoms with Crippen LogP contribution in [0, 0.1) is 0 Å². The first kappa shape index (κ1) is 18.6. The fourth-order valence-corrected chi connectivity index (χ4v) is 4.76. The van der Waals surface area contributed by atoms with E-state index in [0.29, 0.717) is 25.2 Å². The van der Waals surface area contributed by atoms with Crippen LogP contribution in [0.3, 0.4) is 0 Å². The molecule has 1 amide bonds. The van der Waals surface area contributed by atoms with Crippen molar-refractivity contribution in [2.45, 2.75) is 30.7 Å². The van der Waals surface area contributed by atoms with Gasteiger partial charge in [0.2, 0.25) is 10.0 Å². The number of piperidine rings is 1. The summed E-state index contributed by atoms with van der Waals surface area (Å²) >= 11 is 0. The minimum atomic E-state index is -3.54. The molecule has 2 aromatic rings. The topological polar surface area (TPSA) is 57.7 Å². The van der Waals surface area contributed by atoms with Crippen LogP contribution in [0.2, 0.25) is 0 Å². The molecular weight excluding hydrogens is 348 g/mol. The molecule has 0 spiro atoms. The molecule has 0 radical (unpaired) electrons. The van der Waals surface area contributed by atoms with Crippen molar-refractivity contribution in [3.8, 4) is 0 Å². The molecule has 0 atom stereocenters. The lowest BCUT2D eigenvalue weighted by atomic mass is 10.1. The molecule has 3 rings (SSSR count). The second-order valence-electron chi connectivity index (χ2n) is 6.64. The number of nitrogens with zero attached hydrogens (tertiary/aromatic N) is 2. The molecule has 138 valence electrons. The Hall–Kier alpha value is -2.18. The molecule has 1 heterocycles. The SMILES string of the molecule is CN(Cc1ccccc1)C(=O)c1cccc(S(=O)(=O)N2CCCCC2)c1. The standard InChI is InChI=1S/C20H24N2O3S/c1-21(16-17-9-4-2-5-10-17)20(23)18-11-8-12-19(15-18)26(24,25)22-13-6-3-7-14-22/h2,4-5,8-12,15H,3,6-7,13-14,16H2,1H3. The Morgan fingerprint density at radius 2 is 1.69 bits per heavy atom. The summed E-state index contributed by atoms with van der Waals surface area (Å²) in [6.07, 6.45) is 2.84. The Bertz CT molecular complexity index is 860. The van der Waals surface area contributed by atoms with E-state index in [4.69, 9.17) is 0 Å². The lowest BCUT2D eigenvalue weighted by Gasteiger charge is -2.26. The van der Waals surface area contributed by atoms with Gasteiger partial charge in [-0.25, -0.2) is 8.42 Å². The van der Waals surface area contributed by atoms with Crippen LogP contribution in [-0.2, 0) is 16.6 Å². The smallest absolute Gasteiger partial charge is 0.253 e. The van der Waals surface area contributed by atoms with Crippen LogP contribution in [0.4, 0.5) is 0 Å². The fourth-order valence-electron chi connectivity index (χ4n) is 3.19. The van der Waals surface area contributed by atoms with E-state index in [1.54, 1.807) is 30.1 Å². The van der Waals surface area contributed by atoms with Crippen molar-refractivity contribution in [3.63, 3.8) is 0 Å². The van der Waals surface area contributed by atoms with Crippen molar-refractivity contribution in [2.75, 3.05) is 20.1 Å². The molecule has 1 aliphatic heterocycles. The first-order valence-corrected chi connectivity index (χ1v) is 10.3. The van der Waals surface area contributed by atoms with E-state index in [0.717, 1.165) is 24.8 Å². The zero-order valence-corrected chi connectivity index (χ0v) is 15.8. The number of hydrogen-bond donors (Lipinski definition) is 0. The fraction of sp³-hybridized carbons (Fsp3) is 0.350. The Morgan fingerprint density at radius 3 is 2.38 bits per heavy atom. The molecule has 1 aliphatic rings. The van der Waals surface area contributed by atoms with E-state index >= 15 is 0 Å². The molecule has 0 saturated carbocycles. The number of benzene rings is 2. The second-order valence-corrected chi connectivity index (χ2v) is 8.58. The third-order valence-electron chi connectivity index (χ3n) is 4.64. The van der Waals surface area contributed by atoms with E-state index in [1.165, 1.54) is 10.4 Å². The molecule has 26 heavy (non-hydrogen) atoms. The lowest BCUT2D eigenvalue weighted by molar-refractivity contribution is 0.0785. The average Bonchev–Trinajstić information content (AvgIpc) is 2.69. The van der Waals surface area contributed by atoms with Crippen LogP contribution in [0.15, 0.2) is 59.5 Å². The van der Waals surface area contributed by atoms with Gasteiger partial charge in [-0.1, -0.05) is 42.8 Å². The van der Waals surface area contributed by atoms with Crippen molar-refractivity contribution in [2.24, 2.45) is 0 Å². The molecule has 2 aromatic carbocycles. The van der Waals surface area contributed by atoms with Crippen LogP contribution in [0.5, 0.6) is 0 Å². The summed E-state index contributed by atoms with van der Waals surface area (Å²) in [5, 5.41) is 0. The normalized spacial score (nSPS) is 15.6. The molecule has 6 heteroatoms. The summed E-state index contributed by atoms with van der Waals surface area (Å²) in [7, 11) is -1.82. The van der Waals surface area contributed by atoms with Crippen molar-refractivity contribution >= 4 is 15.9 Å². The van der Waals surface area contributed by atoms with Gasteiger partial charge in [-0.2, -0.15) is 4.31 Å². The van der Waals surface area contributed by atoms with Crippen molar-refractivity contribution in [1.82, 2.24) is 9.21 Å². The third-order valence-corrected chi connectivity index (χ3v) is 6.54. The predicted octanol–water partition coefficient (Wildman–Crippen LogP) is 3.13. The maximum atomic E-state index is 12.8. The molecular formula is C20H24N2O3S. The monoisotopic (exact) mass is 372 g/mol. The number of carbonyl (C=O) groups excluding carboxylic acids is 1. The zero-order valence-electron chi connectivity index (χ0n) is 15.0. The number of carbonyl (C=O) groups is 1. The highest BCUT2D eigenvalue weighted by molar-refractivity contribution is 7.89. The molecule has 0 bridgehead atoms. The zero-order chi connectivity index (χ0) is 18.6. The third kappa shape index (κ3) is 4.14. The van der Waals surface area contributed by atoms with E-state index in [1.807, 2.05) is 30.3 Å². The van der Waals surface area contributed by atoms with Gasteiger partial charge in [0.05, 0.1) is 4.90 Å². The van der Waals surface area contributed by atoms with Gasteiger partial charge in [0.1, 0.15) is 0 Å². The Balaban J connectivity index is 1.79. The molecule has 1 fully saturated rings. The Kier molecular flexibility index (Phi) is 5.74.